The van der Waals surface area contributed by atoms with Crippen LogP contribution in [0.15, 0.2) is 24.4 Å². The average Bonchev–Trinajstić information content (AvgIpc) is 2.79. The van der Waals surface area contributed by atoms with Gasteiger partial charge in [0.05, 0.1) is 7.11 Å². The van der Waals surface area contributed by atoms with E-state index in [0.717, 1.165) is 22.0 Å². The molecule has 1 heterocycles. The molecule has 25 heavy (non-hydrogen) atoms. The van der Waals surface area contributed by atoms with E-state index in [9.17, 15) is 9.59 Å². The van der Waals surface area contributed by atoms with E-state index >= 15 is 0 Å². The summed E-state index contributed by atoms with van der Waals surface area (Å²) in [6.45, 7) is 7.33. The monoisotopic (exact) mass is 346 g/mol. The van der Waals surface area contributed by atoms with Crippen LogP contribution in [0.5, 0.6) is 0 Å². The van der Waals surface area contributed by atoms with Crippen molar-refractivity contribution in [1.82, 2.24) is 9.88 Å². The summed E-state index contributed by atoms with van der Waals surface area (Å²) in [7, 11) is 3.26. The number of aromatic nitrogens is 1. The molecule has 1 aromatic heterocycles. The first kappa shape index (κ1) is 18.8. The number of benzene rings is 1. The number of aryl methyl sites for hydroxylation is 2. The van der Waals surface area contributed by atoms with Crippen molar-refractivity contribution in [3.8, 4) is 0 Å². The first-order valence-electron chi connectivity index (χ1n) is 8.22. The maximum atomic E-state index is 12.1. The number of hydrogen-bond acceptors (Lipinski definition) is 4. The molecule has 0 unspecified atom stereocenters. The molecule has 1 amide bonds. The van der Waals surface area contributed by atoms with Gasteiger partial charge in [0, 0.05) is 30.6 Å². The number of carbonyl (C=O) groups is 2. The van der Waals surface area contributed by atoms with Gasteiger partial charge in [0.1, 0.15) is 11.6 Å². The van der Waals surface area contributed by atoms with Crippen LogP contribution < -0.4 is 5.32 Å². The number of fused-ring (bicyclic) bond motifs is 1. The van der Waals surface area contributed by atoms with E-state index in [4.69, 9.17) is 9.47 Å². The minimum Gasteiger partial charge on any atom is -0.467 e. The van der Waals surface area contributed by atoms with Gasteiger partial charge in [0.15, 0.2) is 0 Å². The minimum atomic E-state index is -0.814. The normalized spacial score (nSPS) is 12.7. The number of carbonyl (C=O) groups excluding carboxylic acids is 2. The third-order valence-electron chi connectivity index (χ3n) is 3.83. The highest BCUT2D eigenvalue weighted by atomic mass is 16.6. The third kappa shape index (κ3) is 4.75. The molecule has 0 aliphatic heterocycles. The van der Waals surface area contributed by atoms with E-state index in [1.807, 2.05) is 36.9 Å². The largest absolute Gasteiger partial charge is 0.467 e. The zero-order chi connectivity index (χ0) is 18.8. The number of methoxy groups -OCH3 is 1. The van der Waals surface area contributed by atoms with Crippen LogP contribution in [0, 0.1) is 6.92 Å². The van der Waals surface area contributed by atoms with Crippen molar-refractivity contribution in [3.63, 3.8) is 0 Å². The number of rotatable bonds is 4. The number of alkyl carbamates (subject to hydrolysis) is 1. The van der Waals surface area contributed by atoms with E-state index in [0.29, 0.717) is 6.42 Å². The summed E-state index contributed by atoms with van der Waals surface area (Å²) >= 11 is 0. The van der Waals surface area contributed by atoms with Crippen molar-refractivity contribution in [2.75, 3.05) is 7.11 Å². The summed E-state index contributed by atoms with van der Waals surface area (Å²) in [4.78, 5) is 24.2. The van der Waals surface area contributed by atoms with Crippen LogP contribution in [0.25, 0.3) is 10.9 Å². The summed E-state index contributed by atoms with van der Waals surface area (Å²) in [5.41, 5.74) is 2.53. The van der Waals surface area contributed by atoms with E-state index in [1.165, 1.54) is 7.11 Å². The SMILES string of the molecule is COC(=O)[C@H](Cc1cn(C)c2ccc(C)cc12)NC(=O)OC(C)(C)C. The number of hydrogen-bond donors (Lipinski definition) is 1. The molecule has 0 aliphatic carbocycles. The highest BCUT2D eigenvalue weighted by Crippen LogP contribution is 2.23. The number of esters is 1. The van der Waals surface area contributed by atoms with Gasteiger partial charge in [-0.3, -0.25) is 0 Å². The lowest BCUT2D eigenvalue weighted by atomic mass is 10.0. The van der Waals surface area contributed by atoms with E-state index in [2.05, 4.69) is 11.4 Å². The van der Waals surface area contributed by atoms with Gasteiger partial charge < -0.3 is 19.4 Å². The van der Waals surface area contributed by atoms with Crippen LogP contribution in [-0.4, -0.2) is 35.4 Å². The van der Waals surface area contributed by atoms with Gasteiger partial charge in [-0.2, -0.15) is 0 Å². The van der Waals surface area contributed by atoms with E-state index < -0.39 is 23.7 Å². The lowest BCUT2D eigenvalue weighted by molar-refractivity contribution is -0.143. The van der Waals surface area contributed by atoms with Gasteiger partial charge in [-0.1, -0.05) is 11.6 Å². The maximum absolute atomic E-state index is 12.1. The average molecular weight is 346 g/mol. The molecule has 0 saturated heterocycles. The van der Waals surface area contributed by atoms with Crippen molar-refractivity contribution in [2.24, 2.45) is 7.05 Å². The van der Waals surface area contributed by atoms with Gasteiger partial charge in [0.2, 0.25) is 0 Å². The molecule has 6 nitrogen and oxygen atoms in total. The van der Waals surface area contributed by atoms with E-state index in [-0.39, 0.29) is 0 Å². The predicted octanol–water partition coefficient (Wildman–Crippen LogP) is 3.10. The Kier molecular flexibility index (Phi) is 5.40. The third-order valence-corrected chi connectivity index (χ3v) is 3.83. The summed E-state index contributed by atoms with van der Waals surface area (Å²) in [5, 5.41) is 3.67. The molecular formula is C19H26N2O4. The molecule has 0 bridgehead atoms. The molecule has 0 fully saturated rings. The number of nitrogens with zero attached hydrogens (tertiary/aromatic N) is 1. The molecule has 1 aromatic carbocycles. The lowest BCUT2D eigenvalue weighted by Gasteiger charge is -2.22. The Morgan fingerprint density at radius 3 is 2.56 bits per heavy atom. The van der Waals surface area contributed by atoms with Crippen molar-refractivity contribution in [2.45, 2.75) is 45.8 Å². The van der Waals surface area contributed by atoms with Crippen molar-refractivity contribution >= 4 is 23.0 Å². The fraction of sp³-hybridized carbons (Fsp3) is 0.474. The Bertz CT molecular complexity index is 787. The molecule has 1 N–H and O–H groups in total. The van der Waals surface area contributed by atoms with Crippen molar-refractivity contribution < 1.29 is 19.1 Å². The van der Waals surface area contributed by atoms with Gasteiger partial charge in [0.25, 0.3) is 0 Å². The molecule has 2 aromatic rings. The standard InChI is InChI=1S/C19H26N2O4/c1-12-7-8-16-14(9-12)13(11-21(16)5)10-15(17(22)24-6)20-18(23)25-19(2,3)4/h7-9,11,15H,10H2,1-6H3,(H,20,23)/t15-/m0/s1. The zero-order valence-corrected chi connectivity index (χ0v) is 15.7. The number of amides is 1. The Labute approximate surface area is 148 Å². The summed E-state index contributed by atoms with van der Waals surface area (Å²) < 4.78 is 12.1. The fourth-order valence-corrected chi connectivity index (χ4v) is 2.76. The molecule has 0 saturated carbocycles. The minimum absolute atomic E-state index is 0.326. The smallest absolute Gasteiger partial charge is 0.408 e. The molecule has 0 spiro atoms. The molecule has 2 rings (SSSR count). The molecule has 6 heteroatoms. The maximum Gasteiger partial charge on any atom is 0.408 e. The molecule has 0 aliphatic rings. The quantitative estimate of drug-likeness (QED) is 0.864. The second-order valence-corrected chi connectivity index (χ2v) is 7.21. The summed E-state index contributed by atoms with van der Waals surface area (Å²) in [5.74, 6) is -0.504. The summed E-state index contributed by atoms with van der Waals surface area (Å²) in [6.07, 6.45) is 1.66. The van der Waals surface area contributed by atoms with Crippen LogP contribution in [0.3, 0.4) is 0 Å². The molecule has 136 valence electrons. The molecular weight excluding hydrogens is 320 g/mol. The molecule has 0 radical (unpaired) electrons. The fourth-order valence-electron chi connectivity index (χ4n) is 2.76. The van der Waals surface area contributed by atoms with Crippen LogP contribution in [-0.2, 0) is 27.7 Å². The summed E-state index contributed by atoms with van der Waals surface area (Å²) in [6, 6.07) is 5.35. The number of ether oxygens (including phenoxy) is 2. The van der Waals surface area contributed by atoms with Crippen molar-refractivity contribution in [1.29, 1.82) is 0 Å². The topological polar surface area (TPSA) is 69.6 Å². The van der Waals surface area contributed by atoms with Gasteiger partial charge >= 0.3 is 12.1 Å². The lowest BCUT2D eigenvalue weighted by Crippen LogP contribution is -2.45. The first-order valence-corrected chi connectivity index (χ1v) is 8.22. The number of nitrogens with one attached hydrogen (secondary N) is 1. The Balaban J connectivity index is 2.27. The Morgan fingerprint density at radius 2 is 1.96 bits per heavy atom. The highest BCUT2D eigenvalue weighted by molar-refractivity contribution is 5.87. The zero-order valence-electron chi connectivity index (χ0n) is 15.7. The van der Waals surface area contributed by atoms with E-state index in [1.54, 1.807) is 20.8 Å². The van der Waals surface area contributed by atoms with Gasteiger partial charge in [-0.25, -0.2) is 9.59 Å². The van der Waals surface area contributed by atoms with Crippen LogP contribution in [0.2, 0.25) is 0 Å². The van der Waals surface area contributed by atoms with Crippen LogP contribution in [0.1, 0.15) is 31.9 Å². The Hall–Kier alpha value is -2.50. The van der Waals surface area contributed by atoms with Crippen LogP contribution >= 0.6 is 0 Å². The molecule has 1 atom stereocenters. The second kappa shape index (κ2) is 7.17. The van der Waals surface area contributed by atoms with Crippen LogP contribution in [0.4, 0.5) is 4.79 Å². The van der Waals surface area contributed by atoms with Gasteiger partial charge in [-0.15, -0.1) is 0 Å². The van der Waals surface area contributed by atoms with Gasteiger partial charge in [-0.05, 0) is 45.4 Å². The Morgan fingerprint density at radius 1 is 1.28 bits per heavy atom. The van der Waals surface area contributed by atoms with Crippen molar-refractivity contribution in [3.05, 3.63) is 35.5 Å². The highest BCUT2D eigenvalue weighted by Gasteiger charge is 2.26. The predicted molar refractivity (Wildman–Crippen MR) is 96.5 cm³/mol. The first-order chi connectivity index (χ1) is 11.6. The second-order valence-electron chi connectivity index (χ2n) is 7.21.